The van der Waals surface area contributed by atoms with Crippen molar-refractivity contribution >= 4 is 23.5 Å². The lowest BCUT2D eigenvalue weighted by molar-refractivity contribution is -0.148. The molecule has 1 atom stereocenters. The zero-order valence-corrected chi connectivity index (χ0v) is 11.1. The molecule has 1 fully saturated rings. The number of nitrogens with zero attached hydrogens (tertiary/aromatic N) is 2. The molecule has 9 heteroatoms. The number of imide groups is 1. The van der Waals surface area contributed by atoms with Gasteiger partial charge in [0.1, 0.15) is 5.38 Å². The topological polar surface area (TPSA) is 52.7 Å². The highest BCUT2D eigenvalue weighted by Crippen LogP contribution is 2.17. The molecule has 0 spiro atoms. The third-order valence-electron chi connectivity index (χ3n) is 2.65. The highest BCUT2D eigenvalue weighted by molar-refractivity contribution is 6.31. The van der Waals surface area contributed by atoms with Gasteiger partial charge in [-0.15, -0.1) is 11.6 Å². The molecule has 1 unspecified atom stereocenters. The van der Waals surface area contributed by atoms with Crippen LogP contribution in [0.3, 0.4) is 0 Å². The van der Waals surface area contributed by atoms with E-state index in [0.717, 1.165) is 0 Å². The van der Waals surface area contributed by atoms with Gasteiger partial charge in [0, 0.05) is 26.2 Å². The van der Waals surface area contributed by atoms with E-state index < -0.39 is 30.0 Å². The van der Waals surface area contributed by atoms with Crippen LogP contribution in [0.1, 0.15) is 6.92 Å². The Morgan fingerprint density at radius 2 is 1.79 bits per heavy atom. The highest BCUT2D eigenvalue weighted by atomic mass is 35.5. The summed E-state index contributed by atoms with van der Waals surface area (Å²) in [4.78, 5) is 25.3. The van der Waals surface area contributed by atoms with E-state index in [1.807, 2.05) is 0 Å². The lowest BCUT2D eigenvalue weighted by Gasteiger charge is -2.34. The molecule has 1 heterocycles. The van der Waals surface area contributed by atoms with Gasteiger partial charge in [0.05, 0.1) is 6.54 Å². The first kappa shape index (κ1) is 16.0. The minimum Gasteiger partial charge on any atom is -0.322 e. The second kappa shape index (κ2) is 6.42. The average Bonchev–Trinajstić information content (AvgIpc) is 2.27. The smallest absolute Gasteiger partial charge is 0.322 e. The van der Waals surface area contributed by atoms with Gasteiger partial charge in [0.15, 0.2) is 0 Å². The fourth-order valence-electron chi connectivity index (χ4n) is 1.65. The predicted molar refractivity (Wildman–Crippen MR) is 62.9 cm³/mol. The van der Waals surface area contributed by atoms with Crippen LogP contribution < -0.4 is 5.32 Å². The van der Waals surface area contributed by atoms with Crippen LogP contribution in [0.25, 0.3) is 0 Å². The van der Waals surface area contributed by atoms with Crippen LogP contribution in [-0.2, 0) is 4.79 Å². The van der Waals surface area contributed by atoms with Crippen LogP contribution in [-0.4, -0.2) is 66.0 Å². The third kappa shape index (κ3) is 5.65. The Hall–Kier alpha value is -1.02. The van der Waals surface area contributed by atoms with Gasteiger partial charge in [-0.2, -0.15) is 13.2 Å². The number of nitrogens with one attached hydrogen (secondary N) is 1. The molecule has 3 amide bonds. The normalized spacial score (nSPS) is 19.1. The van der Waals surface area contributed by atoms with Crippen molar-refractivity contribution in [2.45, 2.75) is 18.5 Å². The molecule has 0 aromatic heterocycles. The molecule has 0 aromatic carbocycles. The Labute approximate surface area is 113 Å². The summed E-state index contributed by atoms with van der Waals surface area (Å²) in [6.07, 6.45) is -4.24. The summed E-state index contributed by atoms with van der Waals surface area (Å²) in [5.74, 6) is -0.621. The van der Waals surface area contributed by atoms with E-state index in [1.54, 1.807) is 0 Å². The SMILES string of the molecule is CC(Cl)C(=O)NC(=O)N1CCN(CC(F)(F)F)CC1. The number of rotatable bonds is 2. The molecule has 0 saturated carbocycles. The van der Waals surface area contributed by atoms with E-state index in [-0.39, 0.29) is 26.2 Å². The fraction of sp³-hybridized carbons (Fsp3) is 0.800. The van der Waals surface area contributed by atoms with Crippen LogP contribution >= 0.6 is 11.6 Å². The van der Waals surface area contributed by atoms with Gasteiger partial charge < -0.3 is 4.90 Å². The van der Waals surface area contributed by atoms with E-state index in [1.165, 1.54) is 16.7 Å². The maximum atomic E-state index is 12.2. The number of carbonyl (C=O) groups excluding carboxylic acids is 2. The van der Waals surface area contributed by atoms with E-state index in [2.05, 4.69) is 5.32 Å². The second-order valence-corrected chi connectivity index (χ2v) is 4.94. The molecule has 0 aromatic rings. The molecular weight excluding hydrogens is 287 g/mol. The fourth-order valence-corrected chi connectivity index (χ4v) is 1.70. The third-order valence-corrected chi connectivity index (χ3v) is 2.85. The molecule has 0 aliphatic carbocycles. The number of piperazine rings is 1. The summed E-state index contributed by atoms with van der Waals surface area (Å²) in [7, 11) is 0. The van der Waals surface area contributed by atoms with Crippen molar-refractivity contribution in [1.82, 2.24) is 15.1 Å². The quantitative estimate of drug-likeness (QED) is 0.775. The van der Waals surface area contributed by atoms with Crippen molar-refractivity contribution < 1.29 is 22.8 Å². The monoisotopic (exact) mass is 301 g/mol. The lowest BCUT2D eigenvalue weighted by Crippen LogP contribution is -2.54. The van der Waals surface area contributed by atoms with Gasteiger partial charge >= 0.3 is 12.2 Å². The Kier molecular flexibility index (Phi) is 5.42. The summed E-state index contributed by atoms with van der Waals surface area (Å²) < 4.78 is 36.5. The number of carbonyl (C=O) groups is 2. The number of hydrogen-bond donors (Lipinski definition) is 1. The van der Waals surface area contributed by atoms with Crippen LogP contribution in [0.2, 0.25) is 0 Å². The first-order valence-corrected chi connectivity index (χ1v) is 6.15. The summed E-state index contributed by atoms with van der Waals surface area (Å²) in [6, 6.07) is -0.621. The summed E-state index contributed by atoms with van der Waals surface area (Å²) in [5, 5.41) is 1.25. The van der Waals surface area contributed by atoms with Crippen LogP contribution in [0.15, 0.2) is 0 Å². The Morgan fingerprint density at radius 3 is 2.21 bits per heavy atom. The van der Waals surface area contributed by atoms with Crippen molar-refractivity contribution in [3.05, 3.63) is 0 Å². The molecule has 19 heavy (non-hydrogen) atoms. The van der Waals surface area contributed by atoms with Crippen LogP contribution in [0.4, 0.5) is 18.0 Å². The van der Waals surface area contributed by atoms with Gasteiger partial charge in [-0.3, -0.25) is 15.0 Å². The van der Waals surface area contributed by atoms with Crippen LogP contribution in [0.5, 0.6) is 0 Å². The van der Waals surface area contributed by atoms with E-state index in [4.69, 9.17) is 11.6 Å². The lowest BCUT2D eigenvalue weighted by atomic mass is 10.3. The Morgan fingerprint density at radius 1 is 1.26 bits per heavy atom. The van der Waals surface area contributed by atoms with Crippen molar-refractivity contribution in [2.75, 3.05) is 32.7 Å². The minimum atomic E-state index is -4.24. The summed E-state index contributed by atoms with van der Waals surface area (Å²) >= 11 is 5.49. The molecule has 110 valence electrons. The molecular formula is C10H15ClF3N3O2. The van der Waals surface area contributed by atoms with Gasteiger partial charge in [0.25, 0.3) is 0 Å². The standard InChI is InChI=1S/C10H15ClF3N3O2/c1-7(11)8(18)15-9(19)17-4-2-16(3-5-17)6-10(12,13)14/h7H,2-6H2,1H3,(H,15,18,19). The zero-order valence-electron chi connectivity index (χ0n) is 10.3. The second-order valence-electron chi connectivity index (χ2n) is 4.29. The molecule has 0 bridgehead atoms. The highest BCUT2D eigenvalue weighted by Gasteiger charge is 2.33. The Balaban J connectivity index is 2.37. The van der Waals surface area contributed by atoms with E-state index in [9.17, 15) is 22.8 Å². The number of urea groups is 1. The van der Waals surface area contributed by atoms with Crippen molar-refractivity contribution in [1.29, 1.82) is 0 Å². The molecule has 1 rings (SSSR count). The number of hydrogen-bond acceptors (Lipinski definition) is 3. The maximum Gasteiger partial charge on any atom is 0.401 e. The largest absolute Gasteiger partial charge is 0.401 e. The molecule has 0 radical (unpaired) electrons. The van der Waals surface area contributed by atoms with Gasteiger partial charge in [-0.05, 0) is 6.92 Å². The van der Waals surface area contributed by atoms with Gasteiger partial charge in [-0.1, -0.05) is 0 Å². The first-order chi connectivity index (χ1) is 8.69. The molecule has 1 N–H and O–H groups in total. The Bertz CT molecular complexity index is 341. The number of halogens is 4. The minimum absolute atomic E-state index is 0.123. The van der Waals surface area contributed by atoms with Crippen LogP contribution in [0, 0.1) is 0 Å². The van der Waals surface area contributed by atoms with Crippen molar-refractivity contribution in [2.24, 2.45) is 0 Å². The van der Waals surface area contributed by atoms with Gasteiger partial charge in [0.2, 0.25) is 5.91 Å². The van der Waals surface area contributed by atoms with E-state index in [0.29, 0.717) is 0 Å². The summed E-state index contributed by atoms with van der Waals surface area (Å²) in [6.45, 7) is 0.971. The maximum absolute atomic E-state index is 12.2. The average molecular weight is 302 g/mol. The molecule has 1 aliphatic rings. The molecule has 5 nitrogen and oxygen atoms in total. The van der Waals surface area contributed by atoms with Crippen molar-refractivity contribution in [3.8, 4) is 0 Å². The van der Waals surface area contributed by atoms with E-state index >= 15 is 0 Å². The van der Waals surface area contributed by atoms with Gasteiger partial charge in [-0.25, -0.2) is 4.79 Å². The van der Waals surface area contributed by atoms with Crippen molar-refractivity contribution in [3.63, 3.8) is 0 Å². The summed E-state index contributed by atoms with van der Waals surface area (Å²) in [5.41, 5.74) is 0. The molecule has 1 aliphatic heterocycles. The molecule has 1 saturated heterocycles. The predicted octanol–water partition coefficient (Wildman–Crippen LogP) is 1.03. The zero-order chi connectivity index (χ0) is 14.6. The number of alkyl halides is 4. The number of amides is 3. The first-order valence-electron chi connectivity index (χ1n) is 5.72.